The first kappa shape index (κ1) is 16.1. The molecule has 114 valence electrons. The van der Waals surface area contributed by atoms with Gasteiger partial charge in [-0.15, -0.1) is 0 Å². The number of nitrogens with one attached hydrogen (secondary N) is 1. The Labute approximate surface area is 137 Å². The summed E-state index contributed by atoms with van der Waals surface area (Å²) < 4.78 is 5.26. The van der Waals surface area contributed by atoms with Crippen LogP contribution in [0.3, 0.4) is 0 Å². The molecule has 2 rings (SSSR count). The fourth-order valence-electron chi connectivity index (χ4n) is 1.54. The number of phenols is 1. The van der Waals surface area contributed by atoms with Crippen molar-refractivity contribution < 1.29 is 14.6 Å². The van der Waals surface area contributed by atoms with Gasteiger partial charge in [0.2, 0.25) is 0 Å². The van der Waals surface area contributed by atoms with Crippen LogP contribution in [0.4, 0.5) is 0 Å². The third kappa shape index (κ3) is 4.65. The van der Waals surface area contributed by atoms with E-state index < -0.39 is 5.91 Å². The SMILES string of the molecule is O=C(COc1ccccc1Cl)N/N=C\c1cc(Cl)ccc1O. The minimum Gasteiger partial charge on any atom is -0.507 e. The lowest BCUT2D eigenvalue weighted by atomic mass is 10.2. The van der Waals surface area contributed by atoms with E-state index in [-0.39, 0.29) is 12.4 Å². The minimum atomic E-state index is -0.460. The zero-order valence-electron chi connectivity index (χ0n) is 11.3. The van der Waals surface area contributed by atoms with Crippen molar-refractivity contribution in [3.05, 3.63) is 58.1 Å². The lowest BCUT2D eigenvalue weighted by molar-refractivity contribution is -0.123. The maximum Gasteiger partial charge on any atom is 0.277 e. The Morgan fingerprint density at radius 2 is 2.05 bits per heavy atom. The molecule has 0 fully saturated rings. The number of carbonyl (C=O) groups is 1. The molecule has 0 saturated carbocycles. The smallest absolute Gasteiger partial charge is 0.277 e. The Morgan fingerprint density at radius 1 is 1.27 bits per heavy atom. The number of rotatable bonds is 5. The third-order valence-electron chi connectivity index (χ3n) is 2.58. The molecule has 5 nitrogen and oxygen atoms in total. The van der Waals surface area contributed by atoms with E-state index in [1.165, 1.54) is 18.3 Å². The summed E-state index contributed by atoms with van der Waals surface area (Å²) in [4.78, 5) is 11.6. The highest BCUT2D eigenvalue weighted by Crippen LogP contribution is 2.22. The predicted molar refractivity (Wildman–Crippen MR) is 85.8 cm³/mol. The van der Waals surface area contributed by atoms with Crippen LogP contribution in [0, 0.1) is 0 Å². The van der Waals surface area contributed by atoms with Crippen molar-refractivity contribution in [3.8, 4) is 11.5 Å². The highest BCUT2D eigenvalue weighted by atomic mass is 35.5. The molecule has 1 amide bonds. The summed E-state index contributed by atoms with van der Waals surface area (Å²) >= 11 is 11.7. The van der Waals surface area contributed by atoms with Crippen LogP contribution in [0.15, 0.2) is 47.6 Å². The van der Waals surface area contributed by atoms with Crippen molar-refractivity contribution in [1.82, 2.24) is 5.43 Å². The number of nitrogens with zero attached hydrogens (tertiary/aromatic N) is 1. The van der Waals surface area contributed by atoms with Crippen molar-refractivity contribution in [1.29, 1.82) is 0 Å². The van der Waals surface area contributed by atoms with Gasteiger partial charge in [0.1, 0.15) is 11.5 Å². The molecule has 0 unspecified atom stereocenters. The van der Waals surface area contributed by atoms with Gasteiger partial charge in [-0.05, 0) is 30.3 Å². The Hall–Kier alpha value is -2.24. The van der Waals surface area contributed by atoms with Crippen LogP contribution in [-0.2, 0) is 4.79 Å². The lowest BCUT2D eigenvalue weighted by Gasteiger charge is -2.06. The summed E-state index contributed by atoms with van der Waals surface area (Å²) in [6.07, 6.45) is 1.29. The number of ether oxygens (including phenoxy) is 1. The molecule has 0 heterocycles. The molecular weight excluding hydrogens is 327 g/mol. The monoisotopic (exact) mass is 338 g/mol. The van der Waals surface area contributed by atoms with E-state index in [1.54, 1.807) is 30.3 Å². The molecule has 0 atom stereocenters. The average Bonchev–Trinajstić information content (AvgIpc) is 2.50. The number of hydrazone groups is 1. The van der Waals surface area contributed by atoms with Crippen LogP contribution < -0.4 is 10.2 Å². The summed E-state index contributed by atoms with van der Waals surface area (Å²) in [5.74, 6) is -0.0387. The topological polar surface area (TPSA) is 70.9 Å². The second-order valence-corrected chi connectivity index (χ2v) is 5.06. The summed E-state index contributed by atoms with van der Waals surface area (Å²) in [7, 11) is 0. The van der Waals surface area contributed by atoms with Gasteiger partial charge < -0.3 is 9.84 Å². The minimum absolute atomic E-state index is 0.00900. The molecule has 0 aliphatic rings. The largest absolute Gasteiger partial charge is 0.507 e. The fourth-order valence-corrected chi connectivity index (χ4v) is 1.91. The van der Waals surface area contributed by atoms with Gasteiger partial charge in [0.15, 0.2) is 6.61 Å². The Bertz CT molecular complexity index is 705. The zero-order valence-corrected chi connectivity index (χ0v) is 12.8. The first-order valence-electron chi connectivity index (χ1n) is 6.24. The highest BCUT2D eigenvalue weighted by Gasteiger charge is 2.04. The standard InChI is InChI=1S/C15H12Cl2N2O3/c16-11-5-6-13(20)10(7-11)8-18-19-15(21)9-22-14-4-2-1-3-12(14)17/h1-8,20H,9H2,(H,19,21)/b18-8-. The molecule has 22 heavy (non-hydrogen) atoms. The second-order valence-electron chi connectivity index (χ2n) is 4.22. The summed E-state index contributed by atoms with van der Waals surface area (Å²) in [5.41, 5.74) is 2.66. The lowest BCUT2D eigenvalue weighted by Crippen LogP contribution is -2.24. The quantitative estimate of drug-likeness (QED) is 0.649. The van der Waals surface area contributed by atoms with Crippen LogP contribution in [0.25, 0.3) is 0 Å². The molecule has 0 saturated heterocycles. The normalized spacial score (nSPS) is 10.6. The number of hydrogen-bond acceptors (Lipinski definition) is 4. The van der Waals surface area contributed by atoms with Crippen molar-refractivity contribution in [2.24, 2.45) is 5.10 Å². The van der Waals surface area contributed by atoms with E-state index in [4.69, 9.17) is 27.9 Å². The number of para-hydroxylation sites is 1. The average molecular weight is 339 g/mol. The molecule has 0 radical (unpaired) electrons. The van der Waals surface area contributed by atoms with E-state index in [0.29, 0.717) is 21.4 Å². The Morgan fingerprint density at radius 3 is 2.82 bits per heavy atom. The number of carbonyl (C=O) groups excluding carboxylic acids is 1. The first-order valence-corrected chi connectivity index (χ1v) is 6.99. The molecule has 0 aromatic heterocycles. The summed E-state index contributed by atoms with van der Waals surface area (Å²) in [5, 5.41) is 14.2. The summed E-state index contributed by atoms with van der Waals surface area (Å²) in [6.45, 7) is -0.234. The van der Waals surface area contributed by atoms with E-state index in [2.05, 4.69) is 10.5 Å². The molecule has 0 spiro atoms. The maximum absolute atomic E-state index is 11.6. The first-order chi connectivity index (χ1) is 10.6. The van der Waals surface area contributed by atoms with Gasteiger partial charge in [0.25, 0.3) is 5.91 Å². The van der Waals surface area contributed by atoms with Crippen LogP contribution in [-0.4, -0.2) is 23.8 Å². The van der Waals surface area contributed by atoms with Gasteiger partial charge in [-0.3, -0.25) is 4.79 Å². The molecule has 0 aliphatic heterocycles. The predicted octanol–water partition coefficient (Wildman–Crippen LogP) is 3.23. The highest BCUT2D eigenvalue weighted by molar-refractivity contribution is 6.32. The molecule has 2 aromatic rings. The molecule has 0 bridgehead atoms. The number of halogens is 2. The Kier molecular flexibility index (Phi) is 5.63. The van der Waals surface area contributed by atoms with Gasteiger partial charge in [-0.25, -0.2) is 5.43 Å². The van der Waals surface area contributed by atoms with Gasteiger partial charge in [-0.1, -0.05) is 35.3 Å². The van der Waals surface area contributed by atoms with Gasteiger partial charge >= 0.3 is 0 Å². The molecule has 7 heteroatoms. The molecule has 0 aliphatic carbocycles. The van der Waals surface area contributed by atoms with Crippen molar-refractivity contribution in [2.75, 3.05) is 6.61 Å². The maximum atomic E-state index is 11.6. The van der Waals surface area contributed by atoms with Gasteiger partial charge in [-0.2, -0.15) is 5.10 Å². The van der Waals surface area contributed by atoms with Crippen molar-refractivity contribution >= 4 is 35.3 Å². The third-order valence-corrected chi connectivity index (χ3v) is 3.13. The van der Waals surface area contributed by atoms with Crippen LogP contribution in [0.2, 0.25) is 10.0 Å². The van der Waals surface area contributed by atoms with Crippen LogP contribution >= 0.6 is 23.2 Å². The van der Waals surface area contributed by atoms with Crippen LogP contribution in [0.5, 0.6) is 11.5 Å². The number of benzene rings is 2. The molecule has 2 aromatic carbocycles. The number of amides is 1. The molecule has 2 N–H and O–H groups in total. The fraction of sp³-hybridized carbons (Fsp3) is 0.0667. The van der Waals surface area contributed by atoms with Crippen molar-refractivity contribution in [2.45, 2.75) is 0 Å². The zero-order chi connectivity index (χ0) is 15.9. The van der Waals surface area contributed by atoms with Crippen LogP contribution in [0.1, 0.15) is 5.56 Å². The van der Waals surface area contributed by atoms with Gasteiger partial charge in [0, 0.05) is 10.6 Å². The van der Waals surface area contributed by atoms with Crippen molar-refractivity contribution in [3.63, 3.8) is 0 Å². The summed E-state index contributed by atoms with van der Waals surface area (Å²) in [6, 6.07) is 11.3. The number of aromatic hydroxyl groups is 1. The van der Waals surface area contributed by atoms with E-state index in [0.717, 1.165) is 0 Å². The van der Waals surface area contributed by atoms with E-state index >= 15 is 0 Å². The Balaban J connectivity index is 1.86. The second kappa shape index (κ2) is 7.68. The number of phenolic OH excluding ortho intramolecular Hbond substituents is 1. The van der Waals surface area contributed by atoms with E-state index in [1.807, 2.05) is 0 Å². The molecular formula is C15H12Cl2N2O3. The van der Waals surface area contributed by atoms with Gasteiger partial charge in [0.05, 0.1) is 11.2 Å². The number of hydrogen-bond donors (Lipinski definition) is 2. The van der Waals surface area contributed by atoms with E-state index in [9.17, 15) is 9.90 Å².